The highest BCUT2D eigenvalue weighted by Gasteiger charge is 2.11. The average Bonchev–Trinajstić information content (AvgIpc) is 2.59. The van der Waals surface area contributed by atoms with E-state index in [1.165, 1.54) is 0 Å². The van der Waals surface area contributed by atoms with Gasteiger partial charge in [-0.3, -0.25) is 0 Å². The van der Waals surface area contributed by atoms with Crippen LogP contribution in [-0.2, 0) is 0 Å². The van der Waals surface area contributed by atoms with Crippen molar-refractivity contribution in [1.82, 2.24) is 0 Å². The van der Waals surface area contributed by atoms with E-state index in [2.05, 4.69) is 12.2 Å². The minimum absolute atomic E-state index is 0.0566. The van der Waals surface area contributed by atoms with Crippen molar-refractivity contribution in [1.29, 1.82) is 0 Å². The highest BCUT2D eigenvalue weighted by molar-refractivity contribution is 6.30. The first-order chi connectivity index (χ1) is 11.6. The van der Waals surface area contributed by atoms with E-state index >= 15 is 0 Å². The van der Waals surface area contributed by atoms with Crippen LogP contribution in [0.3, 0.4) is 0 Å². The molecule has 0 aliphatic rings. The molecule has 3 aromatic carbocycles. The monoisotopic (exact) mass is 338 g/mol. The number of ether oxygens (including phenoxy) is 1. The first kappa shape index (κ1) is 16.2. The number of halogens is 1. The zero-order chi connectivity index (χ0) is 16.9. The molecule has 0 saturated heterocycles. The lowest BCUT2D eigenvalue weighted by Gasteiger charge is -2.20. The summed E-state index contributed by atoms with van der Waals surface area (Å²) in [5, 5.41) is 4.15. The lowest BCUT2D eigenvalue weighted by atomic mass is 10.1. The van der Waals surface area contributed by atoms with Gasteiger partial charge in [-0.25, -0.2) is 0 Å². The van der Waals surface area contributed by atoms with Gasteiger partial charge in [0.15, 0.2) is 5.75 Å². The largest absolute Gasteiger partial charge is 0.455 e. The van der Waals surface area contributed by atoms with Crippen molar-refractivity contribution in [3.63, 3.8) is 0 Å². The van der Waals surface area contributed by atoms with Crippen LogP contribution in [0.2, 0.25) is 5.02 Å². The van der Waals surface area contributed by atoms with Gasteiger partial charge in [-0.2, -0.15) is 0 Å². The number of hydrogen-bond donors (Lipinski definition) is 2. The first-order valence-corrected chi connectivity index (χ1v) is 8.14. The summed E-state index contributed by atoms with van der Waals surface area (Å²) in [7, 11) is 0. The molecule has 0 heterocycles. The molecule has 0 aliphatic carbocycles. The zero-order valence-corrected chi connectivity index (χ0v) is 14.1. The van der Waals surface area contributed by atoms with Gasteiger partial charge in [0.25, 0.3) is 0 Å². The number of anilines is 2. The van der Waals surface area contributed by atoms with Gasteiger partial charge in [0.05, 0.1) is 11.7 Å². The Kier molecular flexibility index (Phi) is 4.92. The molecule has 1 atom stereocenters. The van der Waals surface area contributed by atoms with Crippen LogP contribution in [0.15, 0.2) is 72.8 Å². The van der Waals surface area contributed by atoms with Gasteiger partial charge in [0, 0.05) is 10.7 Å². The van der Waals surface area contributed by atoms with Crippen molar-refractivity contribution in [2.45, 2.75) is 13.0 Å². The van der Waals surface area contributed by atoms with Crippen LogP contribution in [0, 0.1) is 0 Å². The van der Waals surface area contributed by atoms with E-state index in [0.29, 0.717) is 5.02 Å². The third kappa shape index (κ3) is 3.81. The highest BCUT2D eigenvalue weighted by Crippen LogP contribution is 2.33. The van der Waals surface area contributed by atoms with Crippen molar-refractivity contribution < 1.29 is 4.74 Å². The normalized spacial score (nSPS) is 11.8. The summed E-state index contributed by atoms with van der Waals surface area (Å²) in [6.45, 7) is 2.07. The summed E-state index contributed by atoms with van der Waals surface area (Å²) in [6, 6.07) is 23.0. The third-order valence-corrected chi connectivity index (χ3v) is 4.02. The molecular formula is C20H19ClN2O. The van der Waals surface area contributed by atoms with E-state index in [1.54, 1.807) is 12.1 Å². The average molecular weight is 339 g/mol. The molecule has 24 heavy (non-hydrogen) atoms. The van der Waals surface area contributed by atoms with Crippen molar-refractivity contribution in [3.05, 3.63) is 83.4 Å². The molecule has 3 aromatic rings. The molecule has 0 radical (unpaired) electrons. The molecule has 3 N–H and O–H groups in total. The summed E-state index contributed by atoms with van der Waals surface area (Å²) in [5.41, 5.74) is 8.80. The second kappa shape index (κ2) is 7.28. The molecule has 0 amide bonds. The van der Waals surface area contributed by atoms with E-state index in [-0.39, 0.29) is 6.04 Å². The highest BCUT2D eigenvalue weighted by atomic mass is 35.5. The lowest BCUT2D eigenvalue weighted by Crippen LogP contribution is -2.09. The fraction of sp³-hybridized carbons (Fsp3) is 0.100. The number of hydrogen-bond acceptors (Lipinski definition) is 3. The van der Waals surface area contributed by atoms with Crippen LogP contribution in [0.4, 0.5) is 11.4 Å². The van der Waals surface area contributed by atoms with Gasteiger partial charge in [0.2, 0.25) is 0 Å². The molecule has 3 rings (SSSR count). The molecule has 0 saturated carbocycles. The zero-order valence-electron chi connectivity index (χ0n) is 13.4. The summed E-state index contributed by atoms with van der Waals surface area (Å²) >= 11 is 5.92. The Bertz CT molecular complexity index is 818. The van der Waals surface area contributed by atoms with Gasteiger partial charge >= 0.3 is 0 Å². The van der Waals surface area contributed by atoms with E-state index in [4.69, 9.17) is 22.1 Å². The fourth-order valence-corrected chi connectivity index (χ4v) is 2.65. The second-order valence-corrected chi connectivity index (χ2v) is 5.98. The Hall–Kier alpha value is -2.65. The minimum Gasteiger partial charge on any atom is -0.455 e. The van der Waals surface area contributed by atoms with Crippen LogP contribution in [-0.4, -0.2) is 0 Å². The summed E-state index contributed by atoms with van der Waals surface area (Å²) in [5.74, 6) is 1.49. The molecule has 122 valence electrons. The predicted molar refractivity (Wildman–Crippen MR) is 101 cm³/mol. The topological polar surface area (TPSA) is 47.3 Å². The molecule has 1 unspecified atom stereocenters. The molecule has 0 bridgehead atoms. The van der Waals surface area contributed by atoms with Crippen LogP contribution in [0.1, 0.15) is 18.5 Å². The summed E-state index contributed by atoms with van der Waals surface area (Å²) in [4.78, 5) is 0. The summed E-state index contributed by atoms with van der Waals surface area (Å²) < 4.78 is 5.98. The van der Waals surface area contributed by atoms with Crippen molar-refractivity contribution in [2.75, 3.05) is 11.1 Å². The number of nitrogens with one attached hydrogen (secondary N) is 1. The van der Waals surface area contributed by atoms with Gasteiger partial charge in [-0.15, -0.1) is 0 Å². The molecular weight excluding hydrogens is 320 g/mol. The molecule has 0 aromatic heterocycles. The lowest BCUT2D eigenvalue weighted by molar-refractivity contribution is 0.484. The van der Waals surface area contributed by atoms with Crippen LogP contribution >= 0.6 is 11.6 Å². The Morgan fingerprint density at radius 1 is 0.917 bits per heavy atom. The van der Waals surface area contributed by atoms with Crippen molar-refractivity contribution >= 4 is 23.0 Å². The van der Waals surface area contributed by atoms with E-state index < -0.39 is 0 Å². The van der Waals surface area contributed by atoms with Crippen LogP contribution < -0.4 is 15.8 Å². The maximum absolute atomic E-state index is 6.07. The Labute approximate surface area is 147 Å². The molecule has 0 fully saturated rings. The first-order valence-electron chi connectivity index (χ1n) is 7.77. The number of nitrogens with two attached hydrogens (primary N) is 1. The second-order valence-electron chi connectivity index (χ2n) is 5.55. The fourth-order valence-electron chi connectivity index (χ4n) is 2.52. The number of para-hydroxylation sites is 3. The van der Waals surface area contributed by atoms with Crippen molar-refractivity contribution in [2.24, 2.45) is 0 Å². The Morgan fingerprint density at radius 2 is 1.58 bits per heavy atom. The minimum atomic E-state index is 0.0566. The smallest absolute Gasteiger partial charge is 0.150 e. The van der Waals surface area contributed by atoms with Gasteiger partial charge in [-0.1, -0.05) is 41.9 Å². The third-order valence-electron chi connectivity index (χ3n) is 3.76. The van der Waals surface area contributed by atoms with Crippen LogP contribution in [0.25, 0.3) is 0 Å². The standard InChI is InChI=1S/C20H19ClN2O/c1-14(17-6-2-3-7-18(17)22)23-19-8-4-5-9-20(19)24-16-12-10-15(21)11-13-16/h2-14,23H,22H2,1H3. The summed E-state index contributed by atoms with van der Waals surface area (Å²) in [6.07, 6.45) is 0. The van der Waals surface area contributed by atoms with Crippen LogP contribution in [0.5, 0.6) is 11.5 Å². The molecule has 0 spiro atoms. The van der Waals surface area contributed by atoms with E-state index in [0.717, 1.165) is 28.4 Å². The quantitative estimate of drug-likeness (QED) is 0.570. The molecule has 0 aliphatic heterocycles. The van der Waals surface area contributed by atoms with Gasteiger partial charge in [-0.05, 0) is 55.0 Å². The van der Waals surface area contributed by atoms with E-state index in [9.17, 15) is 0 Å². The SMILES string of the molecule is CC(Nc1ccccc1Oc1ccc(Cl)cc1)c1ccccc1N. The van der Waals surface area contributed by atoms with Gasteiger partial charge < -0.3 is 15.8 Å². The molecule has 4 heteroatoms. The predicted octanol–water partition coefficient (Wildman–Crippen LogP) is 5.89. The van der Waals surface area contributed by atoms with Gasteiger partial charge in [0.1, 0.15) is 5.75 Å². The number of rotatable bonds is 5. The number of nitrogen functional groups attached to an aromatic ring is 1. The van der Waals surface area contributed by atoms with E-state index in [1.807, 2.05) is 60.7 Å². The maximum atomic E-state index is 6.07. The van der Waals surface area contributed by atoms with Crippen molar-refractivity contribution in [3.8, 4) is 11.5 Å². The molecule has 3 nitrogen and oxygen atoms in total. The Morgan fingerprint density at radius 3 is 2.33 bits per heavy atom. The maximum Gasteiger partial charge on any atom is 0.150 e. The number of benzene rings is 3. The Balaban J connectivity index is 1.81.